The number of anilines is 1. The van der Waals surface area contributed by atoms with Gasteiger partial charge in [-0.15, -0.1) is 0 Å². The Morgan fingerprint density at radius 1 is 1.20 bits per heavy atom. The van der Waals surface area contributed by atoms with Crippen LogP contribution in [0.5, 0.6) is 0 Å². The minimum Gasteiger partial charge on any atom is -0.396 e. The van der Waals surface area contributed by atoms with Crippen LogP contribution in [0, 0.1) is 13.8 Å². The lowest BCUT2D eigenvalue weighted by atomic mass is 10.4. The second kappa shape index (κ2) is 3.76. The summed E-state index contributed by atoms with van der Waals surface area (Å²) in [7, 11) is 0. The van der Waals surface area contributed by atoms with Gasteiger partial charge < -0.3 is 5.73 Å². The average Bonchev–Trinajstić information content (AvgIpc) is 2.74. The summed E-state index contributed by atoms with van der Waals surface area (Å²) in [5, 5.41) is 8.40. The van der Waals surface area contributed by atoms with Crippen LogP contribution in [0.2, 0.25) is 0 Å². The van der Waals surface area contributed by atoms with Gasteiger partial charge >= 0.3 is 0 Å². The standard InChI is InChI=1S/C10H15N5/c1-8-5-12-14(7-8)3-4-15-9(2)10(11)6-13-15/h5-7H,3-4,11H2,1-2H3. The van der Waals surface area contributed by atoms with E-state index < -0.39 is 0 Å². The first-order valence-corrected chi connectivity index (χ1v) is 4.94. The van der Waals surface area contributed by atoms with Crippen LogP contribution in [0.1, 0.15) is 11.3 Å². The van der Waals surface area contributed by atoms with Gasteiger partial charge in [0.1, 0.15) is 0 Å². The lowest BCUT2D eigenvalue weighted by Crippen LogP contribution is -2.10. The number of rotatable bonds is 3. The number of nitrogens with two attached hydrogens (primary N) is 1. The van der Waals surface area contributed by atoms with Gasteiger partial charge in [-0.1, -0.05) is 0 Å². The minimum absolute atomic E-state index is 0.742. The number of nitrogen functional groups attached to an aromatic ring is 1. The fraction of sp³-hybridized carbons (Fsp3) is 0.400. The predicted octanol–water partition coefficient (Wildman–Crippen LogP) is 0.979. The third-order valence-electron chi connectivity index (χ3n) is 2.44. The number of hydrogen-bond acceptors (Lipinski definition) is 3. The van der Waals surface area contributed by atoms with Gasteiger partial charge in [0.15, 0.2) is 0 Å². The van der Waals surface area contributed by atoms with Crippen LogP contribution in [-0.2, 0) is 13.1 Å². The van der Waals surface area contributed by atoms with Gasteiger partial charge in [-0.3, -0.25) is 9.36 Å². The Labute approximate surface area is 88.5 Å². The quantitative estimate of drug-likeness (QED) is 0.812. The maximum atomic E-state index is 5.71. The van der Waals surface area contributed by atoms with Crippen molar-refractivity contribution in [1.29, 1.82) is 0 Å². The van der Waals surface area contributed by atoms with Crippen LogP contribution < -0.4 is 5.73 Å². The Hall–Kier alpha value is -1.78. The van der Waals surface area contributed by atoms with E-state index in [2.05, 4.69) is 10.2 Å². The van der Waals surface area contributed by atoms with Crippen LogP contribution >= 0.6 is 0 Å². The molecule has 0 aliphatic rings. The Morgan fingerprint density at radius 2 is 2.00 bits per heavy atom. The summed E-state index contributed by atoms with van der Waals surface area (Å²) in [6, 6.07) is 0. The first-order chi connectivity index (χ1) is 7.16. The summed E-state index contributed by atoms with van der Waals surface area (Å²) in [4.78, 5) is 0. The molecule has 0 fully saturated rings. The highest BCUT2D eigenvalue weighted by molar-refractivity contribution is 5.39. The number of nitrogens with zero attached hydrogens (tertiary/aromatic N) is 4. The lowest BCUT2D eigenvalue weighted by molar-refractivity contribution is 0.492. The Morgan fingerprint density at radius 3 is 2.53 bits per heavy atom. The molecule has 5 heteroatoms. The molecule has 0 radical (unpaired) electrons. The van der Waals surface area contributed by atoms with Gasteiger partial charge in [0.2, 0.25) is 0 Å². The van der Waals surface area contributed by atoms with Gasteiger partial charge in [0.05, 0.1) is 36.9 Å². The normalized spacial score (nSPS) is 10.8. The smallest absolute Gasteiger partial charge is 0.0730 e. The van der Waals surface area contributed by atoms with Gasteiger partial charge in [-0.05, 0) is 19.4 Å². The molecule has 2 rings (SSSR count). The third-order valence-corrected chi connectivity index (χ3v) is 2.44. The average molecular weight is 205 g/mol. The zero-order chi connectivity index (χ0) is 10.8. The van der Waals surface area contributed by atoms with E-state index in [4.69, 9.17) is 5.73 Å². The van der Waals surface area contributed by atoms with Gasteiger partial charge in [-0.25, -0.2) is 0 Å². The SMILES string of the molecule is Cc1cnn(CCn2ncc(N)c2C)c1. The van der Waals surface area contributed by atoms with E-state index in [1.54, 1.807) is 6.20 Å². The van der Waals surface area contributed by atoms with E-state index in [9.17, 15) is 0 Å². The highest BCUT2D eigenvalue weighted by Gasteiger charge is 2.02. The van der Waals surface area contributed by atoms with Gasteiger partial charge in [0, 0.05) is 6.20 Å². The number of hydrogen-bond donors (Lipinski definition) is 1. The maximum Gasteiger partial charge on any atom is 0.0730 e. The van der Waals surface area contributed by atoms with E-state index in [-0.39, 0.29) is 0 Å². The summed E-state index contributed by atoms with van der Waals surface area (Å²) in [6.07, 6.45) is 5.55. The molecule has 5 nitrogen and oxygen atoms in total. The van der Waals surface area contributed by atoms with Crippen LogP contribution in [0.3, 0.4) is 0 Å². The summed E-state index contributed by atoms with van der Waals surface area (Å²) in [5.41, 5.74) is 8.64. The highest BCUT2D eigenvalue weighted by atomic mass is 15.3. The van der Waals surface area contributed by atoms with Crippen LogP contribution in [0.15, 0.2) is 18.6 Å². The monoisotopic (exact) mass is 205 g/mol. The van der Waals surface area contributed by atoms with E-state index in [1.165, 1.54) is 5.56 Å². The van der Waals surface area contributed by atoms with Crippen molar-refractivity contribution in [3.05, 3.63) is 29.8 Å². The second-order valence-electron chi connectivity index (χ2n) is 3.69. The van der Waals surface area contributed by atoms with Crippen molar-refractivity contribution in [1.82, 2.24) is 19.6 Å². The van der Waals surface area contributed by atoms with Crippen molar-refractivity contribution in [3.8, 4) is 0 Å². The zero-order valence-corrected chi connectivity index (χ0v) is 9.01. The first kappa shape index (κ1) is 9.76. The summed E-state index contributed by atoms with van der Waals surface area (Å²) in [6.45, 7) is 5.61. The third kappa shape index (κ3) is 2.01. The maximum absolute atomic E-state index is 5.71. The molecule has 0 aliphatic carbocycles. The minimum atomic E-state index is 0.742. The van der Waals surface area contributed by atoms with Gasteiger partial charge in [0.25, 0.3) is 0 Å². The topological polar surface area (TPSA) is 61.7 Å². The van der Waals surface area contributed by atoms with Crippen molar-refractivity contribution in [2.24, 2.45) is 0 Å². The van der Waals surface area contributed by atoms with Crippen molar-refractivity contribution in [2.45, 2.75) is 26.9 Å². The largest absolute Gasteiger partial charge is 0.396 e. The molecule has 15 heavy (non-hydrogen) atoms. The molecule has 0 bridgehead atoms. The predicted molar refractivity (Wildman–Crippen MR) is 58.3 cm³/mol. The summed E-state index contributed by atoms with van der Waals surface area (Å²) in [5.74, 6) is 0. The fourth-order valence-electron chi connectivity index (χ4n) is 1.47. The van der Waals surface area contributed by atoms with Crippen molar-refractivity contribution < 1.29 is 0 Å². The van der Waals surface area contributed by atoms with Crippen molar-refractivity contribution in [2.75, 3.05) is 5.73 Å². The number of aromatic nitrogens is 4. The molecule has 0 unspecified atom stereocenters. The van der Waals surface area contributed by atoms with E-state index in [0.717, 1.165) is 24.5 Å². The molecule has 2 heterocycles. The molecule has 0 atom stereocenters. The van der Waals surface area contributed by atoms with Crippen LogP contribution in [-0.4, -0.2) is 19.6 Å². The lowest BCUT2D eigenvalue weighted by Gasteiger charge is -2.04. The zero-order valence-electron chi connectivity index (χ0n) is 9.01. The molecule has 0 aliphatic heterocycles. The van der Waals surface area contributed by atoms with Crippen LogP contribution in [0.25, 0.3) is 0 Å². The van der Waals surface area contributed by atoms with Crippen molar-refractivity contribution >= 4 is 5.69 Å². The summed E-state index contributed by atoms with van der Waals surface area (Å²) < 4.78 is 3.80. The Kier molecular flexibility index (Phi) is 2.45. The Bertz CT molecular complexity index is 454. The molecule has 0 saturated heterocycles. The molecular weight excluding hydrogens is 190 g/mol. The van der Waals surface area contributed by atoms with Crippen LogP contribution in [0.4, 0.5) is 5.69 Å². The van der Waals surface area contributed by atoms with Crippen molar-refractivity contribution in [3.63, 3.8) is 0 Å². The molecule has 0 aromatic carbocycles. The molecule has 0 spiro atoms. The molecule has 2 N–H and O–H groups in total. The molecule has 2 aromatic heterocycles. The highest BCUT2D eigenvalue weighted by Crippen LogP contribution is 2.08. The Balaban J connectivity index is 2.02. The first-order valence-electron chi connectivity index (χ1n) is 4.94. The number of aryl methyl sites for hydroxylation is 3. The van der Waals surface area contributed by atoms with Gasteiger partial charge in [-0.2, -0.15) is 10.2 Å². The molecule has 0 saturated carbocycles. The molecule has 2 aromatic rings. The fourth-order valence-corrected chi connectivity index (χ4v) is 1.47. The summed E-state index contributed by atoms with van der Waals surface area (Å²) >= 11 is 0. The molecular formula is C10H15N5. The second-order valence-corrected chi connectivity index (χ2v) is 3.69. The van der Waals surface area contributed by atoms with E-state index in [1.807, 2.05) is 35.6 Å². The molecule has 80 valence electrons. The molecule has 0 amide bonds. The van der Waals surface area contributed by atoms with E-state index in [0.29, 0.717) is 0 Å². The van der Waals surface area contributed by atoms with E-state index >= 15 is 0 Å².